The molecule has 1 aliphatic rings. The fourth-order valence-electron chi connectivity index (χ4n) is 5.46. The zero-order chi connectivity index (χ0) is 28.2. The van der Waals surface area contributed by atoms with Crippen molar-refractivity contribution in [1.82, 2.24) is 24.4 Å². The van der Waals surface area contributed by atoms with Crippen LogP contribution in [0.25, 0.3) is 16.7 Å². The third-order valence-corrected chi connectivity index (χ3v) is 7.98. The van der Waals surface area contributed by atoms with Gasteiger partial charge in [0.2, 0.25) is 0 Å². The van der Waals surface area contributed by atoms with Crippen LogP contribution in [0, 0.1) is 12.8 Å². The molecule has 0 saturated heterocycles. The summed E-state index contributed by atoms with van der Waals surface area (Å²) in [5, 5.41) is 3.60. The van der Waals surface area contributed by atoms with Crippen LogP contribution in [0.4, 0.5) is 5.82 Å². The first-order chi connectivity index (χ1) is 19.4. The minimum atomic E-state index is -0.139. The van der Waals surface area contributed by atoms with Crippen LogP contribution in [-0.2, 0) is 11.3 Å². The molecule has 3 aromatic heterocycles. The minimum Gasteiger partial charge on any atom is -0.383 e. The summed E-state index contributed by atoms with van der Waals surface area (Å²) in [6.07, 6.45) is 6.87. The molecule has 10 heteroatoms. The van der Waals surface area contributed by atoms with Crippen molar-refractivity contribution in [3.63, 3.8) is 0 Å². The number of nitrogens with zero attached hydrogens (tertiary/aromatic N) is 5. The van der Waals surface area contributed by atoms with E-state index in [1.54, 1.807) is 30.1 Å². The number of fused-ring (bicyclic) bond motifs is 1. The molecule has 210 valence electrons. The molecule has 1 fully saturated rings. The summed E-state index contributed by atoms with van der Waals surface area (Å²) >= 11 is 6.05. The number of anilines is 1. The predicted molar refractivity (Wildman–Crippen MR) is 158 cm³/mol. The Kier molecular flexibility index (Phi) is 8.52. The van der Waals surface area contributed by atoms with Crippen molar-refractivity contribution in [1.29, 1.82) is 0 Å². The van der Waals surface area contributed by atoms with E-state index in [-0.39, 0.29) is 17.6 Å². The van der Waals surface area contributed by atoms with Gasteiger partial charge in [-0.1, -0.05) is 23.7 Å². The molecule has 1 aliphatic carbocycles. The van der Waals surface area contributed by atoms with Crippen LogP contribution in [0.1, 0.15) is 41.7 Å². The molecule has 1 saturated carbocycles. The molecule has 0 radical (unpaired) electrons. The maximum Gasteiger partial charge on any atom is 0.333 e. The van der Waals surface area contributed by atoms with Crippen LogP contribution in [0.2, 0.25) is 5.02 Å². The van der Waals surface area contributed by atoms with E-state index < -0.39 is 0 Å². The van der Waals surface area contributed by atoms with Gasteiger partial charge in [0.1, 0.15) is 5.82 Å². The maximum absolute atomic E-state index is 13.7. The summed E-state index contributed by atoms with van der Waals surface area (Å²) in [7, 11) is 3.65. The Bertz CT molecular complexity index is 1540. The number of halogens is 1. The van der Waals surface area contributed by atoms with Gasteiger partial charge in [0, 0.05) is 39.5 Å². The summed E-state index contributed by atoms with van der Waals surface area (Å²) in [5.41, 5.74) is 3.62. The Morgan fingerprint density at radius 3 is 2.55 bits per heavy atom. The molecule has 40 heavy (non-hydrogen) atoms. The fourth-order valence-corrected chi connectivity index (χ4v) is 5.62. The normalized spacial score (nSPS) is 17.2. The van der Waals surface area contributed by atoms with Gasteiger partial charge in [0.15, 0.2) is 0 Å². The summed E-state index contributed by atoms with van der Waals surface area (Å²) < 4.78 is 8.79. The monoisotopic (exact) mass is 562 g/mol. The largest absolute Gasteiger partial charge is 0.383 e. The highest BCUT2D eigenvalue weighted by Gasteiger charge is 2.26. The van der Waals surface area contributed by atoms with Crippen molar-refractivity contribution >= 4 is 34.4 Å². The van der Waals surface area contributed by atoms with E-state index in [1.165, 1.54) is 0 Å². The average molecular weight is 563 g/mol. The zero-order valence-electron chi connectivity index (χ0n) is 23.1. The van der Waals surface area contributed by atoms with Crippen LogP contribution in [-0.4, -0.2) is 58.4 Å². The zero-order valence-corrected chi connectivity index (χ0v) is 23.9. The van der Waals surface area contributed by atoms with E-state index in [2.05, 4.69) is 15.3 Å². The van der Waals surface area contributed by atoms with Gasteiger partial charge in [-0.25, -0.2) is 9.78 Å². The number of pyridine rings is 2. The molecule has 1 N–H and O–H groups in total. The molecule has 0 unspecified atom stereocenters. The lowest BCUT2D eigenvalue weighted by molar-refractivity contribution is 0.0919. The Morgan fingerprint density at radius 1 is 1.10 bits per heavy atom. The van der Waals surface area contributed by atoms with E-state index in [1.807, 2.05) is 59.8 Å². The summed E-state index contributed by atoms with van der Waals surface area (Å²) in [6, 6.07) is 13.5. The van der Waals surface area contributed by atoms with Crippen molar-refractivity contribution in [2.75, 3.05) is 32.2 Å². The van der Waals surface area contributed by atoms with Gasteiger partial charge in [-0.3, -0.25) is 18.9 Å². The number of para-hydroxylation sites is 2. The van der Waals surface area contributed by atoms with Crippen LogP contribution in [0.15, 0.2) is 59.7 Å². The molecule has 0 bridgehead atoms. The van der Waals surface area contributed by atoms with Crippen molar-refractivity contribution in [2.24, 2.45) is 5.92 Å². The lowest BCUT2D eigenvalue weighted by Gasteiger charge is -2.29. The number of nitrogens with one attached hydrogen (secondary N) is 1. The van der Waals surface area contributed by atoms with E-state index in [0.717, 1.165) is 54.8 Å². The van der Waals surface area contributed by atoms with Crippen molar-refractivity contribution in [3.05, 3.63) is 81.6 Å². The highest BCUT2D eigenvalue weighted by Crippen LogP contribution is 2.28. The topological polar surface area (TPSA) is 94.3 Å². The first-order valence-electron chi connectivity index (χ1n) is 13.7. The molecule has 1 aromatic carbocycles. The second-order valence-corrected chi connectivity index (χ2v) is 10.9. The Balaban J connectivity index is 1.29. The van der Waals surface area contributed by atoms with Gasteiger partial charge in [-0.05, 0) is 68.9 Å². The third-order valence-electron chi connectivity index (χ3n) is 7.77. The number of imidazole rings is 1. The third kappa shape index (κ3) is 5.90. The van der Waals surface area contributed by atoms with E-state index in [9.17, 15) is 9.59 Å². The number of aryl methyl sites for hydroxylation is 1. The number of carbonyl (C=O) groups excluding carboxylic acids is 1. The Hall–Kier alpha value is -3.69. The lowest BCUT2D eigenvalue weighted by atomic mass is 9.85. The van der Waals surface area contributed by atoms with Crippen molar-refractivity contribution < 1.29 is 9.53 Å². The van der Waals surface area contributed by atoms with Gasteiger partial charge in [0.05, 0.1) is 45.8 Å². The second kappa shape index (κ2) is 12.2. The average Bonchev–Trinajstić information content (AvgIpc) is 3.24. The van der Waals surface area contributed by atoms with Gasteiger partial charge in [-0.2, -0.15) is 0 Å². The number of carbonyl (C=O) groups is 1. The molecular formula is C30H35ClN6O3. The van der Waals surface area contributed by atoms with Crippen molar-refractivity contribution in [2.45, 2.75) is 45.2 Å². The van der Waals surface area contributed by atoms with Crippen LogP contribution < -0.4 is 15.9 Å². The Morgan fingerprint density at radius 2 is 1.85 bits per heavy atom. The second-order valence-electron chi connectivity index (χ2n) is 10.5. The molecule has 5 rings (SSSR count). The Labute approximate surface area is 238 Å². The number of ether oxygens (including phenoxy) is 1. The smallest absolute Gasteiger partial charge is 0.333 e. The van der Waals surface area contributed by atoms with E-state index >= 15 is 0 Å². The van der Waals surface area contributed by atoms with Gasteiger partial charge in [-0.15, -0.1) is 0 Å². The molecule has 4 aromatic rings. The van der Waals surface area contributed by atoms with Crippen molar-refractivity contribution in [3.8, 4) is 5.69 Å². The summed E-state index contributed by atoms with van der Waals surface area (Å²) in [6.45, 7) is 3.78. The maximum atomic E-state index is 13.7. The van der Waals surface area contributed by atoms with Crippen LogP contribution in [0.3, 0.4) is 0 Å². The molecule has 1 amide bonds. The molecule has 9 nitrogen and oxygen atoms in total. The van der Waals surface area contributed by atoms with Crippen LogP contribution >= 0.6 is 11.6 Å². The lowest BCUT2D eigenvalue weighted by Crippen LogP contribution is -2.39. The molecular weight excluding hydrogens is 528 g/mol. The van der Waals surface area contributed by atoms with E-state index in [4.69, 9.17) is 16.3 Å². The number of aromatic nitrogens is 4. The highest BCUT2D eigenvalue weighted by molar-refractivity contribution is 6.30. The molecule has 0 spiro atoms. The molecule has 3 heterocycles. The number of methoxy groups -OCH3 is 1. The number of hydrogen-bond donors (Lipinski definition) is 1. The number of amides is 1. The van der Waals surface area contributed by atoms with E-state index in [0.29, 0.717) is 35.3 Å². The number of rotatable bonds is 9. The van der Waals surface area contributed by atoms with Gasteiger partial charge in [0.25, 0.3) is 5.91 Å². The standard InChI is InChI=1S/C30H35ClN6O3/c1-20-25(16-22(31)17-32-20)29(38)34-23-10-8-21(9-11-23)19-36-26-6-4-5-7-27(26)37(30(36)39)24-12-13-28(33-18-24)35(2)14-15-40-3/h4-7,12-13,16-18,21,23H,8-11,14-15,19H2,1-3H3,(H,34,38)/t21-,23-. The number of benzene rings is 1. The fraction of sp³-hybridized carbons (Fsp3) is 0.400. The summed E-state index contributed by atoms with van der Waals surface area (Å²) in [5.74, 6) is 1.03. The quantitative estimate of drug-likeness (QED) is 0.320. The van der Waals surface area contributed by atoms with Gasteiger partial charge >= 0.3 is 5.69 Å². The predicted octanol–water partition coefficient (Wildman–Crippen LogP) is 4.62. The molecule has 0 aliphatic heterocycles. The first kappa shape index (κ1) is 27.9. The van der Waals surface area contributed by atoms with Crippen LogP contribution in [0.5, 0.6) is 0 Å². The number of hydrogen-bond acceptors (Lipinski definition) is 6. The summed E-state index contributed by atoms with van der Waals surface area (Å²) in [4.78, 5) is 37.4. The molecule has 0 atom stereocenters. The number of likely N-dealkylation sites (N-methyl/N-ethyl adjacent to an activating group) is 1. The first-order valence-corrected chi connectivity index (χ1v) is 14.0. The SMILES string of the molecule is COCCN(C)c1ccc(-n2c(=O)n(C[C@H]3CC[C@H](NC(=O)c4cc(Cl)cnc4C)CC3)c3ccccc32)cn1. The minimum absolute atomic E-state index is 0.0668. The highest BCUT2D eigenvalue weighted by atomic mass is 35.5. The van der Waals surface area contributed by atoms with Gasteiger partial charge < -0.3 is 15.0 Å².